The molecule has 132 valence electrons. The molecule has 25 heavy (non-hydrogen) atoms. The minimum atomic E-state index is -0.891. The highest BCUT2D eigenvalue weighted by atomic mass is 32.2. The molecule has 3 N–H and O–H groups in total. The SMILES string of the molecule is CC(C)(CO)Nc1nc(SCc2cccc(F)c2F)nc2n[nH]nc12. The van der Waals surface area contributed by atoms with Gasteiger partial charge < -0.3 is 10.4 Å². The summed E-state index contributed by atoms with van der Waals surface area (Å²) in [6.45, 7) is 3.49. The van der Waals surface area contributed by atoms with Crippen molar-refractivity contribution in [1.29, 1.82) is 0 Å². The van der Waals surface area contributed by atoms with Crippen molar-refractivity contribution >= 4 is 28.7 Å². The van der Waals surface area contributed by atoms with Gasteiger partial charge in [0.1, 0.15) is 0 Å². The van der Waals surface area contributed by atoms with E-state index in [0.29, 0.717) is 22.1 Å². The smallest absolute Gasteiger partial charge is 0.207 e. The standard InChI is InChI=1S/C15H16F2N6OS/c1-15(2,7-24)20-12-11-13(22-23-21-11)19-14(18-12)25-6-8-4-3-5-9(16)10(8)17/h3-5,24H,6-7H2,1-2H3,(H2,18,19,20,21,22,23). The summed E-state index contributed by atoms with van der Waals surface area (Å²) in [6, 6.07) is 4.03. The van der Waals surface area contributed by atoms with E-state index >= 15 is 0 Å². The molecule has 1 aromatic carbocycles. The molecule has 2 aromatic heterocycles. The number of halogens is 2. The summed E-state index contributed by atoms with van der Waals surface area (Å²) in [5.41, 5.74) is 0.368. The molecule has 0 aliphatic heterocycles. The number of H-pyrrole nitrogens is 1. The molecular formula is C15H16F2N6OS. The Labute approximate surface area is 146 Å². The maximum atomic E-state index is 13.8. The molecule has 0 saturated heterocycles. The van der Waals surface area contributed by atoms with Crippen LogP contribution < -0.4 is 5.32 Å². The lowest BCUT2D eigenvalue weighted by Crippen LogP contribution is -2.35. The van der Waals surface area contributed by atoms with Crippen LogP contribution in [0.25, 0.3) is 11.2 Å². The van der Waals surface area contributed by atoms with E-state index in [1.807, 2.05) is 0 Å². The lowest BCUT2D eigenvalue weighted by molar-refractivity contribution is 0.234. The summed E-state index contributed by atoms with van der Waals surface area (Å²) in [4.78, 5) is 8.61. The maximum Gasteiger partial charge on any atom is 0.207 e. The molecule has 0 fully saturated rings. The number of anilines is 1. The Bertz CT molecular complexity index is 901. The maximum absolute atomic E-state index is 13.8. The van der Waals surface area contributed by atoms with Crippen LogP contribution in [0.3, 0.4) is 0 Å². The van der Waals surface area contributed by atoms with Crippen molar-refractivity contribution in [2.24, 2.45) is 0 Å². The summed E-state index contributed by atoms with van der Waals surface area (Å²) in [5, 5.41) is 23.3. The number of aromatic nitrogens is 5. The Kier molecular flexibility index (Phi) is 4.82. The molecule has 0 aliphatic rings. The normalized spacial score (nSPS) is 11.9. The van der Waals surface area contributed by atoms with Gasteiger partial charge in [-0.15, -0.1) is 5.10 Å². The van der Waals surface area contributed by atoms with E-state index in [1.54, 1.807) is 13.8 Å². The minimum absolute atomic E-state index is 0.118. The number of nitrogens with one attached hydrogen (secondary N) is 2. The molecule has 3 rings (SSSR count). The fourth-order valence-electron chi connectivity index (χ4n) is 2.04. The number of rotatable bonds is 6. The second-order valence-electron chi connectivity index (χ2n) is 6.02. The first-order valence-electron chi connectivity index (χ1n) is 7.43. The third-order valence-corrected chi connectivity index (χ3v) is 4.30. The van der Waals surface area contributed by atoms with Crippen LogP contribution in [0.4, 0.5) is 14.6 Å². The van der Waals surface area contributed by atoms with Gasteiger partial charge in [-0.3, -0.25) is 0 Å². The van der Waals surface area contributed by atoms with Gasteiger partial charge in [0.2, 0.25) is 5.65 Å². The van der Waals surface area contributed by atoms with Gasteiger partial charge in [0.25, 0.3) is 0 Å². The van der Waals surface area contributed by atoms with E-state index in [4.69, 9.17) is 0 Å². The molecule has 0 atom stereocenters. The molecule has 2 heterocycles. The zero-order valence-corrected chi connectivity index (χ0v) is 14.4. The van der Waals surface area contributed by atoms with Crippen molar-refractivity contribution < 1.29 is 13.9 Å². The van der Waals surface area contributed by atoms with Crippen LogP contribution in [0, 0.1) is 11.6 Å². The van der Waals surface area contributed by atoms with Crippen LogP contribution in [0.2, 0.25) is 0 Å². The van der Waals surface area contributed by atoms with Gasteiger partial charge in [0.15, 0.2) is 28.1 Å². The first kappa shape index (κ1) is 17.5. The summed E-state index contributed by atoms with van der Waals surface area (Å²) in [6.07, 6.45) is 0. The largest absolute Gasteiger partial charge is 0.394 e. The van der Waals surface area contributed by atoms with Crippen LogP contribution in [-0.4, -0.2) is 42.6 Å². The number of aliphatic hydroxyl groups excluding tert-OH is 1. The number of fused-ring (bicyclic) bond motifs is 1. The van der Waals surface area contributed by atoms with Crippen LogP contribution in [0.1, 0.15) is 19.4 Å². The predicted molar refractivity (Wildman–Crippen MR) is 90.2 cm³/mol. The van der Waals surface area contributed by atoms with Crippen LogP contribution >= 0.6 is 11.8 Å². The van der Waals surface area contributed by atoms with E-state index in [1.165, 1.54) is 12.1 Å². The number of nitrogens with zero attached hydrogens (tertiary/aromatic N) is 4. The average Bonchev–Trinajstić information content (AvgIpc) is 3.05. The third-order valence-electron chi connectivity index (χ3n) is 3.40. The van der Waals surface area contributed by atoms with Crippen molar-refractivity contribution in [2.45, 2.75) is 30.3 Å². The van der Waals surface area contributed by atoms with Crippen molar-refractivity contribution in [3.8, 4) is 0 Å². The molecule has 0 unspecified atom stereocenters. The summed E-state index contributed by atoms with van der Waals surface area (Å²) in [5.74, 6) is -1.20. The third kappa shape index (κ3) is 3.85. The molecule has 7 nitrogen and oxygen atoms in total. The summed E-state index contributed by atoms with van der Waals surface area (Å²) < 4.78 is 27.0. The van der Waals surface area contributed by atoms with Crippen LogP contribution in [0.15, 0.2) is 23.4 Å². The molecular weight excluding hydrogens is 350 g/mol. The fourth-order valence-corrected chi connectivity index (χ4v) is 2.85. The Morgan fingerprint density at radius 3 is 2.80 bits per heavy atom. The predicted octanol–water partition coefficient (Wildman–Crippen LogP) is 2.50. The fraction of sp³-hybridized carbons (Fsp3) is 0.333. The highest BCUT2D eigenvalue weighted by Gasteiger charge is 2.21. The Morgan fingerprint density at radius 1 is 1.24 bits per heavy atom. The summed E-state index contributed by atoms with van der Waals surface area (Å²) >= 11 is 1.15. The first-order chi connectivity index (χ1) is 11.9. The molecule has 0 amide bonds. The molecule has 0 aliphatic carbocycles. The number of hydrogen-bond donors (Lipinski definition) is 3. The topological polar surface area (TPSA) is 99.6 Å². The van der Waals surface area contributed by atoms with Gasteiger partial charge in [-0.25, -0.2) is 13.8 Å². The van der Waals surface area contributed by atoms with Gasteiger partial charge >= 0.3 is 0 Å². The molecule has 10 heteroatoms. The quantitative estimate of drug-likeness (QED) is 0.455. The molecule has 0 saturated carbocycles. The van der Waals surface area contributed by atoms with Gasteiger partial charge in [-0.2, -0.15) is 15.3 Å². The zero-order chi connectivity index (χ0) is 18.0. The Hall–Kier alpha value is -2.33. The van der Waals surface area contributed by atoms with Crippen molar-refractivity contribution in [3.05, 3.63) is 35.4 Å². The molecule has 3 aromatic rings. The second-order valence-corrected chi connectivity index (χ2v) is 6.96. The number of aliphatic hydroxyl groups is 1. The van der Waals surface area contributed by atoms with Crippen molar-refractivity contribution in [1.82, 2.24) is 25.4 Å². The van der Waals surface area contributed by atoms with E-state index in [9.17, 15) is 13.9 Å². The molecule has 0 bridgehead atoms. The zero-order valence-electron chi connectivity index (χ0n) is 13.5. The van der Waals surface area contributed by atoms with Crippen LogP contribution in [0.5, 0.6) is 0 Å². The van der Waals surface area contributed by atoms with Gasteiger partial charge in [-0.1, -0.05) is 23.9 Å². The van der Waals surface area contributed by atoms with Crippen LogP contribution in [-0.2, 0) is 5.75 Å². The van der Waals surface area contributed by atoms with Gasteiger partial charge in [0, 0.05) is 11.3 Å². The van der Waals surface area contributed by atoms with Crippen molar-refractivity contribution in [3.63, 3.8) is 0 Å². The highest BCUT2D eigenvalue weighted by molar-refractivity contribution is 7.98. The van der Waals surface area contributed by atoms with Gasteiger partial charge in [0.05, 0.1) is 12.1 Å². The number of aromatic amines is 1. The second kappa shape index (κ2) is 6.89. The Balaban J connectivity index is 1.88. The number of hydrogen-bond acceptors (Lipinski definition) is 7. The summed E-state index contributed by atoms with van der Waals surface area (Å²) in [7, 11) is 0. The van der Waals surface area contributed by atoms with E-state index < -0.39 is 17.2 Å². The molecule has 0 spiro atoms. The van der Waals surface area contributed by atoms with E-state index in [-0.39, 0.29) is 17.9 Å². The lowest BCUT2D eigenvalue weighted by Gasteiger charge is -2.24. The monoisotopic (exact) mass is 366 g/mol. The highest BCUT2D eigenvalue weighted by Crippen LogP contribution is 2.27. The Morgan fingerprint density at radius 2 is 2.04 bits per heavy atom. The van der Waals surface area contributed by atoms with Gasteiger partial charge in [-0.05, 0) is 19.9 Å². The number of benzene rings is 1. The first-order valence-corrected chi connectivity index (χ1v) is 8.41. The molecule has 0 radical (unpaired) electrons. The minimum Gasteiger partial charge on any atom is -0.394 e. The van der Waals surface area contributed by atoms with E-state index in [2.05, 4.69) is 30.7 Å². The average molecular weight is 366 g/mol. The van der Waals surface area contributed by atoms with Crippen molar-refractivity contribution in [2.75, 3.05) is 11.9 Å². The lowest BCUT2D eigenvalue weighted by atomic mass is 10.1. The van der Waals surface area contributed by atoms with E-state index in [0.717, 1.165) is 17.8 Å². The number of thioether (sulfide) groups is 1.